The lowest BCUT2D eigenvalue weighted by Crippen LogP contribution is -2.54. The van der Waals surface area contributed by atoms with E-state index in [-0.39, 0.29) is 11.7 Å². The van der Waals surface area contributed by atoms with Crippen LogP contribution in [0.2, 0.25) is 5.02 Å². The smallest absolute Gasteiger partial charge is 0.339 e. The van der Waals surface area contributed by atoms with Crippen molar-refractivity contribution in [1.29, 1.82) is 0 Å². The number of aryl methyl sites for hydroxylation is 1. The van der Waals surface area contributed by atoms with Crippen molar-refractivity contribution in [3.05, 3.63) is 52.7 Å². The van der Waals surface area contributed by atoms with Gasteiger partial charge in [0.1, 0.15) is 23.2 Å². The van der Waals surface area contributed by atoms with Gasteiger partial charge in [0.15, 0.2) is 0 Å². The van der Waals surface area contributed by atoms with Gasteiger partial charge in [0.25, 0.3) is 0 Å². The van der Waals surface area contributed by atoms with E-state index < -0.39 is 5.97 Å². The normalized spacial score (nSPS) is 14.5. The Bertz CT molecular complexity index is 714. The van der Waals surface area contributed by atoms with Crippen molar-refractivity contribution in [2.75, 3.05) is 18.0 Å². The first-order valence-corrected chi connectivity index (χ1v) is 7.28. The van der Waals surface area contributed by atoms with Gasteiger partial charge in [0.05, 0.1) is 13.1 Å². The van der Waals surface area contributed by atoms with E-state index in [2.05, 4.69) is 4.98 Å². The van der Waals surface area contributed by atoms with Gasteiger partial charge in [-0.3, -0.25) is 0 Å². The topological polar surface area (TPSA) is 62.7 Å². The number of ether oxygens (including phenoxy) is 1. The van der Waals surface area contributed by atoms with Crippen LogP contribution in [0, 0.1) is 6.92 Å². The number of benzene rings is 1. The second-order valence-corrected chi connectivity index (χ2v) is 5.73. The number of halogens is 1. The molecule has 5 nitrogen and oxygen atoms in total. The zero-order chi connectivity index (χ0) is 15.7. The molecule has 1 fully saturated rings. The van der Waals surface area contributed by atoms with Crippen LogP contribution in [0.15, 0.2) is 36.5 Å². The summed E-state index contributed by atoms with van der Waals surface area (Å²) in [6, 6.07) is 8.86. The summed E-state index contributed by atoms with van der Waals surface area (Å²) in [4.78, 5) is 17.5. The van der Waals surface area contributed by atoms with Crippen LogP contribution in [0.25, 0.3) is 0 Å². The Kier molecular flexibility index (Phi) is 3.90. The van der Waals surface area contributed by atoms with Gasteiger partial charge in [0, 0.05) is 11.2 Å². The second kappa shape index (κ2) is 5.85. The summed E-state index contributed by atoms with van der Waals surface area (Å²) >= 11 is 5.92. The van der Waals surface area contributed by atoms with E-state index >= 15 is 0 Å². The molecule has 2 heterocycles. The van der Waals surface area contributed by atoms with Gasteiger partial charge < -0.3 is 14.7 Å². The van der Waals surface area contributed by atoms with Gasteiger partial charge in [0.2, 0.25) is 0 Å². The monoisotopic (exact) mass is 318 g/mol. The average molecular weight is 319 g/mol. The molecule has 114 valence electrons. The molecule has 0 aliphatic carbocycles. The molecule has 0 bridgehead atoms. The SMILES string of the molecule is Cc1cnc(N2CC(Oc3cccc(Cl)c3)C2)c(C(=O)O)c1. The number of carboxylic acid groups (broad SMARTS) is 1. The molecule has 1 saturated heterocycles. The van der Waals surface area contributed by atoms with E-state index in [4.69, 9.17) is 16.3 Å². The van der Waals surface area contributed by atoms with Gasteiger partial charge in [-0.15, -0.1) is 0 Å². The summed E-state index contributed by atoms with van der Waals surface area (Å²) in [5.41, 5.74) is 1.05. The Morgan fingerprint density at radius 3 is 2.86 bits per heavy atom. The Morgan fingerprint density at radius 2 is 2.18 bits per heavy atom. The molecule has 1 aliphatic heterocycles. The number of hydrogen-bond acceptors (Lipinski definition) is 4. The zero-order valence-corrected chi connectivity index (χ0v) is 12.7. The molecule has 0 unspecified atom stereocenters. The first-order chi connectivity index (χ1) is 10.5. The summed E-state index contributed by atoms with van der Waals surface area (Å²) < 4.78 is 5.81. The molecule has 6 heteroatoms. The van der Waals surface area contributed by atoms with E-state index in [9.17, 15) is 9.90 Å². The van der Waals surface area contributed by atoms with E-state index in [0.717, 1.165) is 5.56 Å². The molecule has 0 atom stereocenters. The maximum Gasteiger partial charge on any atom is 0.339 e. The largest absolute Gasteiger partial charge is 0.487 e. The molecule has 2 aromatic rings. The molecule has 3 rings (SSSR count). The fraction of sp³-hybridized carbons (Fsp3) is 0.250. The summed E-state index contributed by atoms with van der Waals surface area (Å²) in [5, 5.41) is 9.90. The Balaban J connectivity index is 1.67. The highest BCUT2D eigenvalue weighted by atomic mass is 35.5. The minimum atomic E-state index is -0.967. The van der Waals surface area contributed by atoms with Gasteiger partial charge in [-0.1, -0.05) is 17.7 Å². The number of rotatable bonds is 4. The van der Waals surface area contributed by atoms with E-state index in [1.54, 1.807) is 24.4 Å². The van der Waals surface area contributed by atoms with Crippen LogP contribution in [-0.4, -0.2) is 35.3 Å². The fourth-order valence-electron chi connectivity index (χ4n) is 2.39. The lowest BCUT2D eigenvalue weighted by molar-refractivity contribution is 0.0695. The highest BCUT2D eigenvalue weighted by Gasteiger charge is 2.32. The van der Waals surface area contributed by atoms with Crippen LogP contribution in [0.1, 0.15) is 15.9 Å². The van der Waals surface area contributed by atoms with Crippen molar-refractivity contribution in [1.82, 2.24) is 4.98 Å². The number of pyridine rings is 1. The molecule has 1 aromatic heterocycles. The third-order valence-corrected chi connectivity index (χ3v) is 3.72. The average Bonchev–Trinajstić information content (AvgIpc) is 2.43. The van der Waals surface area contributed by atoms with Crippen molar-refractivity contribution >= 4 is 23.4 Å². The lowest BCUT2D eigenvalue weighted by Gasteiger charge is -2.40. The predicted molar refractivity (Wildman–Crippen MR) is 84.0 cm³/mol. The summed E-state index contributed by atoms with van der Waals surface area (Å²) in [6.45, 7) is 3.02. The van der Waals surface area contributed by atoms with Crippen LogP contribution in [0.3, 0.4) is 0 Å². The number of nitrogens with zero attached hydrogens (tertiary/aromatic N) is 2. The third kappa shape index (κ3) is 2.99. The molecular weight excluding hydrogens is 304 g/mol. The van der Waals surface area contributed by atoms with Crippen LogP contribution in [-0.2, 0) is 0 Å². The molecule has 1 aromatic carbocycles. The molecular formula is C16H15ClN2O3. The van der Waals surface area contributed by atoms with Gasteiger partial charge in [-0.05, 0) is 36.8 Å². The first-order valence-electron chi connectivity index (χ1n) is 6.90. The standard InChI is InChI=1S/C16H15ClN2O3/c1-10-5-14(16(20)21)15(18-7-10)19-8-13(9-19)22-12-4-2-3-11(17)6-12/h2-7,13H,8-9H2,1H3,(H,20,21). The predicted octanol–water partition coefficient (Wildman–Crippen LogP) is 3.01. The van der Waals surface area contributed by atoms with E-state index in [0.29, 0.717) is 29.7 Å². The quantitative estimate of drug-likeness (QED) is 0.939. The molecule has 0 radical (unpaired) electrons. The van der Waals surface area contributed by atoms with Gasteiger partial charge in [-0.2, -0.15) is 0 Å². The Labute approximate surface area is 133 Å². The Morgan fingerprint density at radius 1 is 1.41 bits per heavy atom. The highest BCUT2D eigenvalue weighted by Crippen LogP contribution is 2.27. The minimum absolute atomic E-state index is 0.00298. The van der Waals surface area contributed by atoms with Crippen molar-refractivity contribution in [3.8, 4) is 5.75 Å². The highest BCUT2D eigenvalue weighted by molar-refractivity contribution is 6.30. The number of aromatic carboxylic acids is 1. The second-order valence-electron chi connectivity index (χ2n) is 5.29. The molecule has 0 amide bonds. The number of carbonyl (C=O) groups is 1. The summed E-state index contributed by atoms with van der Waals surface area (Å²) in [7, 11) is 0. The van der Waals surface area contributed by atoms with Crippen molar-refractivity contribution in [3.63, 3.8) is 0 Å². The third-order valence-electron chi connectivity index (χ3n) is 3.48. The maximum atomic E-state index is 11.3. The van der Waals surface area contributed by atoms with Crippen molar-refractivity contribution in [2.45, 2.75) is 13.0 Å². The van der Waals surface area contributed by atoms with Crippen LogP contribution < -0.4 is 9.64 Å². The minimum Gasteiger partial charge on any atom is -0.487 e. The number of carboxylic acids is 1. The van der Waals surface area contributed by atoms with Crippen molar-refractivity contribution < 1.29 is 14.6 Å². The summed E-state index contributed by atoms with van der Waals surface area (Å²) in [6.07, 6.45) is 1.68. The van der Waals surface area contributed by atoms with E-state index in [1.807, 2.05) is 24.0 Å². The lowest BCUT2D eigenvalue weighted by atomic mass is 10.1. The number of aromatic nitrogens is 1. The molecule has 22 heavy (non-hydrogen) atoms. The van der Waals surface area contributed by atoms with Gasteiger partial charge >= 0.3 is 5.97 Å². The molecule has 0 saturated carbocycles. The summed E-state index contributed by atoms with van der Waals surface area (Å²) in [5.74, 6) is 0.238. The van der Waals surface area contributed by atoms with Crippen LogP contribution >= 0.6 is 11.6 Å². The number of hydrogen-bond donors (Lipinski definition) is 1. The Hall–Kier alpha value is -2.27. The van der Waals surface area contributed by atoms with Crippen molar-refractivity contribution in [2.24, 2.45) is 0 Å². The van der Waals surface area contributed by atoms with Crippen LogP contribution in [0.4, 0.5) is 5.82 Å². The van der Waals surface area contributed by atoms with Crippen LogP contribution in [0.5, 0.6) is 5.75 Å². The molecule has 1 aliphatic rings. The van der Waals surface area contributed by atoms with Gasteiger partial charge in [-0.25, -0.2) is 9.78 Å². The zero-order valence-electron chi connectivity index (χ0n) is 12.0. The number of anilines is 1. The molecule has 0 spiro atoms. The van der Waals surface area contributed by atoms with E-state index in [1.165, 1.54) is 0 Å². The molecule has 1 N–H and O–H groups in total. The maximum absolute atomic E-state index is 11.3. The first kappa shape index (κ1) is 14.7. The fourth-order valence-corrected chi connectivity index (χ4v) is 2.57.